The molecule has 0 spiro atoms. The third-order valence-electron chi connectivity index (χ3n) is 3.28. The number of aromatic nitrogens is 2. The Kier molecular flexibility index (Phi) is 5.59. The number of aliphatic hydroxyl groups is 2. The highest BCUT2D eigenvalue weighted by Crippen LogP contribution is 2.28. The second kappa shape index (κ2) is 7.23. The fourth-order valence-electron chi connectivity index (χ4n) is 2.16. The van der Waals surface area contributed by atoms with Gasteiger partial charge in [-0.1, -0.05) is 0 Å². The van der Waals surface area contributed by atoms with Crippen LogP contribution in [0, 0.1) is 0 Å². The molecule has 0 bridgehead atoms. The quantitative estimate of drug-likeness (QED) is 0.473. The van der Waals surface area contributed by atoms with Crippen LogP contribution in [0.3, 0.4) is 0 Å². The van der Waals surface area contributed by atoms with E-state index in [1.54, 1.807) is 18.0 Å². The second-order valence-electron chi connectivity index (χ2n) is 4.80. The van der Waals surface area contributed by atoms with Gasteiger partial charge in [0, 0.05) is 36.2 Å². The van der Waals surface area contributed by atoms with E-state index in [0.29, 0.717) is 12.3 Å². The molecule has 8 nitrogen and oxygen atoms in total. The zero-order valence-electron chi connectivity index (χ0n) is 11.5. The maximum Gasteiger partial charge on any atom is 0.351 e. The Morgan fingerprint density at radius 1 is 1.57 bits per heavy atom. The number of nitrogen functional groups attached to an aromatic ring is 1. The van der Waals surface area contributed by atoms with E-state index in [1.807, 2.05) is 0 Å². The molecule has 0 aliphatic carbocycles. The molecule has 118 valence electrons. The average molecular weight is 316 g/mol. The van der Waals surface area contributed by atoms with Gasteiger partial charge in [-0.25, -0.2) is 4.79 Å². The van der Waals surface area contributed by atoms with Crippen molar-refractivity contribution in [2.45, 2.75) is 30.6 Å². The Morgan fingerprint density at radius 2 is 2.33 bits per heavy atom. The molecule has 1 fully saturated rings. The van der Waals surface area contributed by atoms with Crippen molar-refractivity contribution >= 4 is 17.6 Å². The summed E-state index contributed by atoms with van der Waals surface area (Å²) in [6.45, 7) is 0.266. The second-order valence-corrected chi connectivity index (χ2v) is 5.90. The highest BCUT2D eigenvalue weighted by molar-refractivity contribution is 7.98. The van der Waals surface area contributed by atoms with Gasteiger partial charge in [-0.2, -0.15) is 16.7 Å². The standard InChI is InChI=1S/C12H20N4O4S/c13-1-2-21-6-7-4-16(12(19)15-11(7)14)10-3-8(18)9(5-17)20-10/h4,8-10,17-18H,1-3,5-6,13H2,(H2,14,15,19)/t8-,9+,10+/m0/s1. The highest BCUT2D eigenvalue weighted by Gasteiger charge is 2.35. The van der Waals surface area contributed by atoms with Crippen molar-refractivity contribution in [3.8, 4) is 0 Å². The first-order valence-electron chi connectivity index (χ1n) is 6.66. The van der Waals surface area contributed by atoms with E-state index in [-0.39, 0.29) is 18.8 Å². The van der Waals surface area contributed by atoms with Gasteiger partial charge in [0.05, 0.1) is 12.7 Å². The number of hydrogen-bond acceptors (Lipinski definition) is 8. The largest absolute Gasteiger partial charge is 0.394 e. The first-order chi connectivity index (χ1) is 10.1. The van der Waals surface area contributed by atoms with Gasteiger partial charge in [-0.15, -0.1) is 0 Å². The van der Waals surface area contributed by atoms with Crippen molar-refractivity contribution in [1.82, 2.24) is 9.55 Å². The summed E-state index contributed by atoms with van der Waals surface area (Å²) in [6, 6.07) is 0. The van der Waals surface area contributed by atoms with E-state index in [4.69, 9.17) is 21.3 Å². The summed E-state index contributed by atoms with van der Waals surface area (Å²) in [6.07, 6.45) is -0.303. The lowest BCUT2D eigenvalue weighted by atomic mass is 10.2. The summed E-state index contributed by atoms with van der Waals surface area (Å²) in [5, 5.41) is 18.8. The molecule has 0 aromatic carbocycles. The predicted molar refractivity (Wildman–Crippen MR) is 79.7 cm³/mol. The van der Waals surface area contributed by atoms with Gasteiger partial charge in [-0.05, 0) is 0 Å². The molecule has 1 aliphatic heterocycles. The Morgan fingerprint density at radius 3 is 2.95 bits per heavy atom. The summed E-state index contributed by atoms with van der Waals surface area (Å²) in [7, 11) is 0. The summed E-state index contributed by atoms with van der Waals surface area (Å²) >= 11 is 1.59. The maximum absolute atomic E-state index is 11.9. The van der Waals surface area contributed by atoms with E-state index < -0.39 is 24.1 Å². The molecule has 3 atom stereocenters. The van der Waals surface area contributed by atoms with Crippen molar-refractivity contribution < 1.29 is 14.9 Å². The number of rotatable bonds is 6. The van der Waals surface area contributed by atoms with E-state index in [0.717, 1.165) is 11.3 Å². The molecule has 9 heteroatoms. The summed E-state index contributed by atoms with van der Waals surface area (Å²) in [4.78, 5) is 15.7. The van der Waals surface area contributed by atoms with Crippen molar-refractivity contribution in [3.63, 3.8) is 0 Å². The molecule has 0 amide bonds. The van der Waals surface area contributed by atoms with Gasteiger partial charge in [0.1, 0.15) is 18.1 Å². The Labute approximate surface area is 126 Å². The van der Waals surface area contributed by atoms with Crippen LogP contribution >= 0.6 is 11.8 Å². The molecule has 6 N–H and O–H groups in total. The van der Waals surface area contributed by atoms with Gasteiger partial charge in [0.15, 0.2) is 0 Å². The molecule has 1 aromatic heterocycles. The molecule has 1 saturated heterocycles. The monoisotopic (exact) mass is 316 g/mol. The van der Waals surface area contributed by atoms with Crippen LogP contribution in [0.25, 0.3) is 0 Å². The van der Waals surface area contributed by atoms with E-state index in [1.165, 1.54) is 4.57 Å². The number of aliphatic hydroxyl groups excluding tert-OH is 2. The summed E-state index contributed by atoms with van der Waals surface area (Å²) < 4.78 is 6.78. The molecule has 1 aromatic rings. The minimum absolute atomic E-state index is 0.193. The topological polar surface area (TPSA) is 137 Å². The van der Waals surface area contributed by atoms with E-state index in [9.17, 15) is 9.90 Å². The lowest BCUT2D eigenvalue weighted by Crippen LogP contribution is -2.29. The van der Waals surface area contributed by atoms with Crippen LogP contribution in [0.4, 0.5) is 5.82 Å². The zero-order valence-corrected chi connectivity index (χ0v) is 12.3. The van der Waals surface area contributed by atoms with Gasteiger partial charge in [0.2, 0.25) is 0 Å². The first kappa shape index (κ1) is 16.2. The average Bonchev–Trinajstić information content (AvgIpc) is 2.82. The van der Waals surface area contributed by atoms with Crippen molar-refractivity contribution in [2.24, 2.45) is 5.73 Å². The number of thioether (sulfide) groups is 1. The third-order valence-corrected chi connectivity index (χ3v) is 4.31. The molecule has 0 saturated carbocycles. The Bertz CT molecular complexity index is 538. The molecule has 21 heavy (non-hydrogen) atoms. The lowest BCUT2D eigenvalue weighted by Gasteiger charge is -2.16. The van der Waals surface area contributed by atoms with Gasteiger partial charge >= 0.3 is 5.69 Å². The van der Waals surface area contributed by atoms with Crippen molar-refractivity contribution in [2.75, 3.05) is 24.6 Å². The maximum atomic E-state index is 11.9. The zero-order chi connectivity index (χ0) is 15.4. The van der Waals surface area contributed by atoms with Crippen LogP contribution in [-0.2, 0) is 10.5 Å². The lowest BCUT2D eigenvalue weighted by molar-refractivity contribution is -0.0459. The van der Waals surface area contributed by atoms with Gasteiger partial charge in [-0.3, -0.25) is 4.57 Å². The van der Waals surface area contributed by atoms with Crippen LogP contribution in [0.2, 0.25) is 0 Å². The van der Waals surface area contributed by atoms with Crippen molar-refractivity contribution in [1.29, 1.82) is 0 Å². The number of nitrogens with two attached hydrogens (primary N) is 2. The minimum atomic E-state index is -0.806. The fraction of sp³-hybridized carbons (Fsp3) is 0.667. The molecule has 0 radical (unpaired) electrons. The number of hydrogen-bond donors (Lipinski definition) is 4. The molecular weight excluding hydrogens is 296 g/mol. The van der Waals surface area contributed by atoms with Gasteiger partial charge in [0.25, 0.3) is 0 Å². The molecule has 2 rings (SSSR count). The Hall–Kier alpha value is -1.13. The summed E-state index contributed by atoms with van der Waals surface area (Å²) in [5.41, 5.74) is 11.4. The van der Waals surface area contributed by atoms with Crippen molar-refractivity contribution in [3.05, 3.63) is 22.2 Å². The van der Waals surface area contributed by atoms with E-state index >= 15 is 0 Å². The van der Waals surface area contributed by atoms with Crippen LogP contribution < -0.4 is 17.2 Å². The first-order valence-corrected chi connectivity index (χ1v) is 7.82. The minimum Gasteiger partial charge on any atom is -0.394 e. The Balaban J connectivity index is 2.19. The van der Waals surface area contributed by atoms with Crippen LogP contribution in [-0.4, -0.2) is 50.9 Å². The predicted octanol–water partition coefficient (Wildman–Crippen LogP) is -1.34. The van der Waals surface area contributed by atoms with Crippen LogP contribution in [0.15, 0.2) is 11.0 Å². The van der Waals surface area contributed by atoms with Gasteiger partial charge < -0.3 is 26.4 Å². The number of ether oxygens (including phenoxy) is 1. The fourth-order valence-corrected chi connectivity index (χ4v) is 2.91. The van der Waals surface area contributed by atoms with E-state index in [2.05, 4.69) is 4.98 Å². The molecule has 2 heterocycles. The smallest absolute Gasteiger partial charge is 0.351 e. The SMILES string of the molecule is NCCSCc1cn([C@H]2C[C@H](O)[C@@H](CO)O2)c(=O)nc1N. The number of nitrogens with zero attached hydrogens (tertiary/aromatic N) is 2. The highest BCUT2D eigenvalue weighted by atomic mass is 32.2. The normalized spacial score (nSPS) is 25.4. The number of anilines is 1. The molecule has 1 aliphatic rings. The molecular formula is C12H20N4O4S. The van der Waals surface area contributed by atoms with Crippen LogP contribution in [0.5, 0.6) is 0 Å². The summed E-state index contributed by atoms with van der Waals surface area (Å²) in [5.74, 6) is 1.57. The molecule has 0 unspecified atom stereocenters. The third kappa shape index (κ3) is 3.74. The van der Waals surface area contributed by atoms with Crippen LogP contribution in [0.1, 0.15) is 18.2 Å².